The summed E-state index contributed by atoms with van der Waals surface area (Å²) < 4.78 is 6.61. The van der Waals surface area contributed by atoms with E-state index >= 15 is 0 Å². The molecule has 7 nitrogen and oxygen atoms in total. The second-order valence-electron chi connectivity index (χ2n) is 5.81. The molecule has 1 atom stereocenters. The minimum Gasteiger partial charge on any atom is -0.481 e. The minimum absolute atomic E-state index is 0.188. The molecule has 0 aliphatic heterocycles. The zero-order valence-electron chi connectivity index (χ0n) is 13.1. The summed E-state index contributed by atoms with van der Waals surface area (Å²) in [6, 6.07) is 5.14. The Bertz CT molecular complexity index is 677. The van der Waals surface area contributed by atoms with Gasteiger partial charge in [0.05, 0.1) is 19.3 Å². The molecule has 1 saturated carbocycles. The number of rotatable bonds is 5. The van der Waals surface area contributed by atoms with E-state index < -0.39 is 0 Å². The Morgan fingerprint density at radius 3 is 2.74 bits per heavy atom. The number of hydrogen-bond acceptors (Lipinski definition) is 5. The van der Waals surface area contributed by atoms with Gasteiger partial charge in [0.1, 0.15) is 5.69 Å². The van der Waals surface area contributed by atoms with Crippen LogP contribution in [0.4, 0.5) is 0 Å². The molecule has 0 unspecified atom stereocenters. The van der Waals surface area contributed by atoms with Gasteiger partial charge in [0.2, 0.25) is 5.88 Å². The maximum absolute atomic E-state index is 12.5. The lowest BCUT2D eigenvalue weighted by atomic mass is 9.75. The normalized spacial score (nSPS) is 21.3. The molecule has 0 saturated heterocycles. The highest BCUT2D eigenvalue weighted by Crippen LogP contribution is 2.38. The maximum Gasteiger partial charge on any atom is 0.270 e. The van der Waals surface area contributed by atoms with E-state index in [0.29, 0.717) is 24.4 Å². The van der Waals surface area contributed by atoms with Gasteiger partial charge in [-0.1, -0.05) is 6.07 Å². The summed E-state index contributed by atoms with van der Waals surface area (Å²) >= 11 is 0. The van der Waals surface area contributed by atoms with E-state index in [1.54, 1.807) is 38.7 Å². The molecule has 0 aromatic carbocycles. The molecular weight excluding hydrogens is 296 g/mol. The van der Waals surface area contributed by atoms with Gasteiger partial charge in [-0.25, -0.2) is 4.98 Å². The Hall–Kier alpha value is -2.41. The van der Waals surface area contributed by atoms with Crippen molar-refractivity contribution in [1.82, 2.24) is 20.1 Å². The predicted molar refractivity (Wildman–Crippen MR) is 82.9 cm³/mol. The first-order chi connectivity index (χ1) is 11.1. The number of amides is 1. The van der Waals surface area contributed by atoms with Crippen LogP contribution < -0.4 is 10.1 Å². The topological polar surface area (TPSA) is 89.3 Å². The van der Waals surface area contributed by atoms with Crippen LogP contribution in [0.15, 0.2) is 30.6 Å². The molecule has 1 fully saturated rings. The van der Waals surface area contributed by atoms with Gasteiger partial charge in [-0.3, -0.25) is 9.48 Å². The van der Waals surface area contributed by atoms with E-state index in [2.05, 4.69) is 15.4 Å². The number of ether oxygens (including phenoxy) is 1. The largest absolute Gasteiger partial charge is 0.481 e. The van der Waals surface area contributed by atoms with Crippen LogP contribution in [0.1, 0.15) is 34.9 Å². The van der Waals surface area contributed by atoms with E-state index in [9.17, 15) is 9.90 Å². The highest BCUT2D eigenvalue weighted by molar-refractivity contribution is 5.92. The lowest BCUT2D eigenvalue weighted by molar-refractivity contribution is 0.0233. The van der Waals surface area contributed by atoms with E-state index in [-0.39, 0.29) is 24.0 Å². The molecule has 2 N–H and O–H groups in total. The van der Waals surface area contributed by atoms with Gasteiger partial charge >= 0.3 is 0 Å². The van der Waals surface area contributed by atoms with E-state index in [4.69, 9.17) is 4.74 Å². The van der Waals surface area contributed by atoms with Crippen molar-refractivity contribution in [3.8, 4) is 5.88 Å². The van der Waals surface area contributed by atoms with Crippen molar-refractivity contribution in [3.63, 3.8) is 0 Å². The number of aromatic nitrogens is 3. The van der Waals surface area contributed by atoms with E-state index in [1.165, 1.54) is 4.68 Å². The standard InChI is InChI=1S/C16H20N4O3/c1-20-13(5-6-18-20)16(22)19-15(11-7-12(21)8-11)10-3-4-14(23-2)17-9-10/h3-6,9,11-12,15,21H,7-8H2,1-2H3,(H,19,22)/t11?,12?,15-/m0/s1. The number of carbonyl (C=O) groups is 1. The smallest absolute Gasteiger partial charge is 0.270 e. The van der Waals surface area contributed by atoms with Crippen molar-refractivity contribution < 1.29 is 14.6 Å². The van der Waals surface area contributed by atoms with Crippen molar-refractivity contribution in [2.45, 2.75) is 25.0 Å². The molecule has 3 rings (SSSR count). The molecule has 1 aliphatic carbocycles. The first kappa shape index (κ1) is 15.5. The summed E-state index contributed by atoms with van der Waals surface area (Å²) in [6.07, 6.45) is 4.34. The molecule has 2 aromatic rings. The maximum atomic E-state index is 12.5. The Morgan fingerprint density at radius 2 is 2.22 bits per heavy atom. The van der Waals surface area contributed by atoms with Crippen LogP contribution in [0.25, 0.3) is 0 Å². The average Bonchev–Trinajstić information content (AvgIpc) is 2.96. The van der Waals surface area contributed by atoms with Crippen LogP contribution in [0.2, 0.25) is 0 Å². The Balaban J connectivity index is 1.80. The number of hydrogen-bond donors (Lipinski definition) is 2. The third kappa shape index (κ3) is 3.19. The molecule has 1 aliphatic rings. The quantitative estimate of drug-likeness (QED) is 0.861. The van der Waals surface area contributed by atoms with Crippen LogP contribution in [0.3, 0.4) is 0 Å². The molecule has 2 heterocycles. The first-order valence-corrected chi connectivity index (χ1v) is 7.55. The fourth-order valence-corrected chi connectivity index (χ4v) is 2.88. The number of aliphatic hydroxyl groups is 1. The third-order valence-electron chi connectivity index (χ3n) is 4.29. The molecule has 1 amide bonds. The highest BCUT2D eigenvalue weighted by Gasteiger charge is 2.36. The summed E-state index contributed by atoms with van der Waals surface area (Å²) in [5, 5.41) is 16.7. The summed E-state index contributed by atoms with van der Waals surface area (Å²) in [7, 11) is 3.29. The number of methoxy groups -OCH3 is 1. The lowest BCUT2D eigenvalue weighted by Crippen LogP contribution is -2.41. The third-order valence-corrected chi connectivity index (χ3v) is 4.29. The first-order valence-electron chi connectivity index (χ1n) is 7.55. The number of nitrogens with zero attached hydrogens (tertiary/aromatic N) is 3. The van der Waals surface area contributed by atoms with Gasteiger partial charge < -0.3 is 15.2 Å². The summed E-state index contributed by atoms with van der Waals surface area (Å²) in [5.41, 5.74) is 1.40. The number of pyridine rings is 1. The van der Waals surface area contributed by atoms with Crippen molar-refractivity contribution in [1.29, 1.82) is 0 Å². The van der Waals surface area contributed by atoms with Crippen molar-refractivity contribution in [3.05, 3.63) is 41.9 Å². The SMILES string of the molecule is COc1ccc([C@H](NC(=O)c2ccnn2C)C2CC(O)C2)cn1. The van der Waals surface area contributed by atoms with Gasteiger partial charge in [0.25, 0.3) is 5.91 Å². The zero-order chi connectivity index (χ0) is 16.4. The van der Waals surface area contributed by atoms with Crippen LogP contribution in [-0.4, -0.2) is 39.0 Å². The molecule has 7 heteroatoms. The lowest BCUT2D eigenvalue weighted by Gasteiger charge is -2.38. The van der Waals surface area contributed by atoms with Gasteiger partial charge in [-0.15, -0.1) is 0 Å². The van der Waals surface area contributed by atoms with Gasteiger partial charge in [-0.05, 0) is 30.4 Å². The molecule has 0 spiro atoms. The minimum atomic E-state index is -0.290. The number of nitrogens with one attached hydrogen (secondary N) is 1. The van der Waals surface area contributed by atoms with E-state index in [1.807, 2.05) is 6.07 Å². The van der Waals surface area contributed by atoms with Crippen molar-refractivity contribution >= 4 is 5.91 Å². The zero-order valence-corrected chi connectivity index (χ0v) is 13.1. The number of aryl methyl sites for hydroxylation is 1. The van der Waals surface area contributed by atoms with Crippen LogP contribution >= 0.6 is 0 Å². The Labute approximate surface area is 134 Å². The van der Waals surface area contributed by atoms with Crippen molar-refractivity contribution in [2.24, 2.45) is 13.0 Å². The Kier molecular flexibility index (Phi) is 4.29. The molecule has 0 radical (unpaired) electrons. The second-order valence-corrected chi connectivity index (χ2v) is 5.81. The fourth-order valence-electron chi connectivity index (χ4n) is 2.88. The fraction of sp³-hybridized carbons (Fsp3) is 0.438. The number of carbonyl (C=O) groups excluding carboxylic acids is 1. The van der Waals surface area contributed by atoms with Gasteiger partial charge in [0, 0.05) is 25.5 Å². The van der Waals surface area contributed by atoms with Crippen LogP contribution in [-0.2, 0) is 7.05 Å². The summed E-state index contributed by atoms with van der Waals surface area (Å²) in [5.74, 6) is 0.531. The van der Waals surface area contributed by atoms with E-state index in [0.717, 1.165) is 5.56 Å². The highest BCUT2D eigenvalue weighted by atomic mass is 16.5. The number of aliphatic hydroxyl groups excluding tert-OH is 1. The molecule has 0 bridgehead atoms. The average molecular weight is 316 g/mol. The van der Waals surface area contributed by atoms with Crippen LogP contribution in [0.5, 0.6) is 5.88 Å². The van der Waals surface area contributed by atoms with Gasteiger partial charge in [0.15, 0.2) is 0 Å². The van der Waals surface area contributed by atoms with Crippen LogP contribution in [0, 0.1) is 5.92 Å². The summed E-state index contributed by atoms with van der Waals surface area (Å²) in [4.78, 5) is 16.7. The second kappa shape index (κ2) is 6.37. The Morgan fingerprint density at radius 1 is 1.43 bits per heavy atom. The molecular formula is C16H20N4O3. The summed E-state index contributed by atoms with van der Waals surface area (Å²) in [6.45, 7) is 0. The van der Waals surface area contributed by atoms with Gasteiger partial charge in [-0.2, -0.15) is 5.10 Å². The monoisotopic (exact) mass is 316 g/mol. The van der Waals surface area contributed by atoms with Crippen molar-refractivity contribution in [2.75, 3.05) is 7.11 Å². The molecule has 23 heavy (non-hydrogen) atoms. The predicted octanol–water partition coefficient (Wildman–Crippen LogP) is 1.07. The molecule has 2 aromatic heterocycles. The molecule has 122 valence electrons.